The van der Waals surface area contributed by atoms with Crippen LogP contribution in [0.4, 0.5) is 0 Å². The zero-order valence-corrected chi connectivity index (χ0v) is 19.8. The van der Waals surface area contributed by atoms with Gasteiger partial charge in [-0.05, 0) is 28.1 Å². The van der Waals surface area contributed by atoms with Gasteiger partial charge < -0.3 is 10.1 Å². The minimum absolute atomic E-state index is 0.0168. The molecule has 1 aromatic carbocycles. The summed E-state index contributed by atoms with van der Waals surface area (Å²) in [4.78, 5) is 24.7. The standard InChI is InChI=1S/C23H35NO3Si/c1-22(2,3)18-14-12-17(13-15-18)20(25)24-19(21(26)27-7)11-10-16-28(8,9)23(4,5)6/h12-15,19H,11H2,1-9H3,(H,24,25)/t19-/m0/s1. The molecule has 0 saturated carbocycles. The highest BCUT2D eigenvalue weighted by molar-refractivity contribution is 6.87. The highest BCUT2D eigenvalue weighted by Gasteiger charge is 2.33. The van der Waals surface area contributed by atoms with Crippen molar-refractivity contribution in [2.24, 2.45) is 0 Å². The number of carbonyl (C=O) groups is 2. The van der Waals surface area contributed by atoms with Crippen LogP contribution in [0.3, 0.4) is 0 Å². The van der Waals surface area contributed by atoms with E-state index in [9.17, 15) is 9.59 Å². The predicted molar refractivity (Wildman–Crippen MR) is 118 cm³/mol. The van der Waals surface area contributed by atoms with E-state index in [0.29, 0.717) is 5.56 Å². The van der Waals surface area contributed by atoms with E-state index in [1.54, 1.807) is 12.1 Å². The van der Waals surface area contributed by atoms with Gasteiger partial charge in [0.15, 0.2) is 0 Å². The molecule has 28 heavy (non-hydrogen) atoms. The summed E-state index contributed by atoms with van der Waals surface area (Å²) < 4.78 is 4.85. The van der Waals surface area contributed by atoms with Crippen molar-refractivity contribution < 1.29 is 14.3 Å². The molecule has 0 spiro atoms. The molecule has 154 valence electrons. The average molecular weight is 402 g/mol. The molecule has 0 aromatic heterocycles. The van der Waals surface area contributed by atoms with E-state index in [2.05, 4.69) is 71.4 Å². The summed E-state index contributed by atoms with van der Waals surface area (Å²) in [7, 11) is -0.450. The lowest BCUT2D eigenvalue weighted by Gasteiger charge is -2.31. The lowest BCUT2D eigenvalue weighted by atomic mass is 9.86. The van der Waals surface area contributed by atoms with Crippen molar-refractivity contribution in [3.05, 3.63) is 35.4 Å². The first kappa shape index (κ1) is 24.0. The smallest absolute Gasteiger partial charge is 0.329 e. The van der Waals surface area contributed by atoms with Crippen LogP contribution in [-0.4, -0.2) is 33.1 Å². The number of benzene rings is 1. The van der Waals surface area contributed by atoms with Crippen LogP contribution in [0.1, 0.15) is 63.9 Å². The Balaban J connectivity index is 2.93. The Labute approximate surface area is 171 Å². The van der Waals surface area contributed by atoms with Gasteiger partial charge in [-0.3, -0.25) is 4.79 Å². The normalized spacial score (nSPS) is 13.2. The van der Waals surface area contributed by atoms with Crippen molar-refractivity contribution in [1.82, 2.24) is 5.32 Å². The van der Waals surface area contributed by atoms with Crippen molar-refractivity contribution in [1.29, 1.82) is 0 Å². The molecule has 5 heteroatoms. The molecular weight excluding hydrogens is 366 g/mol. The van der Waals surface area contributed by atoms with Crippen LogP contribution < -0.4 is 5.32 Å². The first-order valence-corrected chi connectivity index (χ1v) is 12.7. The Morgan fingerprint density at radius 2 is 1.61 bits per heavy atom. The van der Waals surface area contributed by atoms with Gasteiger partial charge in [0.1, 0.15) is 14.1 Å². The summed E-state index contributed by atoms with van der Waals surface area (Å²) in [6.07, 6.45) is 0.241. The van der Waals surface area contributed by atoms with Crippen molar-refractivity contribution in [2.75, 3.05) is 7.11 Å². The quantitative estimate of drug-likeness (QED) is 0.452. The number of esters is 1. The molecular formula is C23H35NO3Si. The number of hydrogen-bond acceptors (Lipinski definition) is 3. The molecule has 1 N–H and O–H groups in total. The Morgan fingerprint density at radius 3 is 2.04 bits per heavy atom. The third-order valence-corrected chi connectivity index (χ3v) is 9.94. The van der Waals surface area contributed by atoms with Gasteiger partial charge in [0.05, 0.1) is 7.11 Å². The molecule has 0 fully saturated rings. The molecule has 0 unspecified atom stereocenters. The summed E-state index contributed by atoms with van der Waals surface area (Å²) in [6, 6.07) is 6.67. The van der Waals surface area contributed by atoms with E-state index in [0.717, 1.165) is 5.56 Å². The van der Waals surface area contributed by atoms with Crippen molar-refractivity contribution in [3.8, 4) is 11.5 Å². The molecule has 0 aliphatic rings. The Hall–Kier alpha value is -2.06. The van der Waals surface area contributed by atoms with Crippen LogP contribution >= 0.6 is 0 Å². The van der Waals surface area contributed by atoms with Gasteiger partial charge in [-0.1, -0.05) is 66.8 Å². The first-order chi connectivity index (χ1) is 12.7. The SMILES string of the molecule is COC(=O)[C@H](CC#C[Si](C)(C)C(C)(C)C)NC(=O)c1ccc(C(C)(C)C)cc1. The molecule has 1 atom stereocenters. The molecule has 0 aliphatic heterocycles. The highest BCUT2D eigenvalue weighted by atomic mass is 28.3. The second-order valence-electron chi connectivity index (χ2n) is 9.76. The number of amides is 1. The largest absolute Gasteiger partial charge is 0.467 e. The highest BCUT2D eigenvalue weighted by Crippen LogP contribution is 2.35. The van der Waals surface area contributed by atoms with E-state index in [-0.39, 0.29) is 22.8 Å². The second-order valence-corrected chi connectivity index (χ2v) is 14.8. The maximum atomic E-state index is 12.6. The number of nitrogens with one attached hydrogen (secondary N) is 1. The molecule has 1 rings (SSSR count). The number of ether oxygens (including phenoxy) is 1. The number of rotatable bonds is 4. The number of methoxy groups -OCH3 is 1. The summed E-state index contributed by atoms with van der Waals surface area (Å²) >= 11 is 0. The maximum absolute atomic E-state index is 12.6. The second kappa shape index (κ2) is 8.96. The third kappa shape index (κ3) is 6.52. The molecule has 4 nitrogen and oxygen atoms in total. The molecule has 0 saturated heterocycles. The molecule has 1 aromatic rings. The van der Waals surface area contributed by atoms with Crippen LogP contribution in [0.2, 0.25) is 18.1 Å². The fourth-order valence-electron chi connectivity index (χ4n) is 2.26. The molecule has 0 bridgehead atoms. The van der Waals surface area contributed by atoms with Crippen LogP contribution in [-0.2, 0) is 14.9 Å². The fraction of sp³-hybridized carbons (Fsp3) is 0.565. The van der Waals surface area contributed by atoms with E-state index in [4.69, 9.17) is 4.74 Å². The molecule has 0 heterocycles. The van der Waals surface area contributed by atoms with E-state index in [1.807, 2.05) is 12.1 Å². The summed E-state index contributed by atoms with van der Waals surface area (Å²) in [6.45, 7) is 17.4. The van der Waals surface area contributed by atoms with Gasteiger partial charge in [0, 0.05) is 12.0 Å². The average Bonchev–Trinajstić information content (AvgIpc) is 2.58. The third-order valence-electron chi connectivity index (χ3n) is 5.39. The van der Waals surface area contributed by atoms with Crippen LogP contribution in [0.15, 0.2) is 24.3 Å². The summed E-state index contributed by atoms with van der Waals surface area (Å²) in [5.74, 6) is 2.35. The van der Waals surface area contributed by atoms with Gasteiger partial charge in [0.25, 0.3) is 5.91 Å². The van der Waals surface area contributed by atoms with Crippen LogP contribution in [0, 0.1) is 11.5 Å². The minimum atomic E-state index is -1.77. The number of carbonyl (C=O) groups excluding carboxylic acids is 2. The Bertz CT molecular complexity index is 756. The van der Waals surface area contributed by atoms with Gasteiger partial charge >= 0.3 is 5.97 Å². The summed E-state index contributed by atoms with van der Waals surface area (Å²) in [5.41, 5.74) is 5.05. The van der Waals surface area contributed by atoms with Crippen molar-refractivity contribution >= 4 is 20.0 Å². The molecule has 0 radical (unpaired) electrons. The zero-order chi connectivity index (χ0) is 21.8. The topological polar surface area (TPSA) is 55.4 Å². The zero-order valence-electron chi connectivity index (χ0n) is 18.8. The minimum Gasteiger partial charge on any atom is -0.467 e. The number of hydrogen-bond donors (Lipinski definition) is 1. The summed E-state index contributed by atoms with van der Waals surface area (Å²) in [5, 5.41) is 2.90. The lowest BCUT2D eigenvalue weighted by molar-refractivity contribution is -0.142. The first-order valence-electron chi connectivity index (χ1n) is 9.68. The fourth-order valence-corrected chi connectivity index (χ4v) is 3.18. The van der Waals surface area contributed by atoms with Gasteiger partial charge in [-0.15, -0.1) is 11.5 Å². The maximum Gasteiger partial charge on any atom is 0.329 e. The van der Waals surface area contributed by atoms with Crippen LogP contribution in [0.25, 0.3) is 0 Å². The Kier molecular flexibility index (Phi) is 7.67. The monoisotopic (exact) mass is 401 g/mol. The van der Waals surface area contributed by atoms with Gasteiger partial charge in [-0.2, -0.15) is 0 Å². The van der Waals surface area contributed by atoms with Gasteiger partial charge in [-0.25, -0.2) is 4.79 Å². The van der Waals surface area contributed by atoms with Gasteiger partial charge in [0.2, 0.25) is 0 Å². The lowest BCUT2D eigenvalue weighted by Crippen LogP contribution is -2.41. The van der Waals surface area contributed by atoms with Crippen molar-refractivity contribution in [3.63, 3.8) is 0 Å². The van der Waals surface area contributed by atoms with E-state index >= 15 is 0 Å². The van der Waals surface area contributed by atoms with Crippen molar-refractivity contribution in [2.45, 2.75) is 77.6 Å². The van der Waals surface area contributed by atoms with E-state index < -0.39 is 20.1 Å². The Morgan fingerprint density at radius 1 is 1.07 bits per heavy atom. The predicted octanol–water partition coefficient (Wildman–Crippen LogP) is 4.70. The van der Waals surface area contributed by atoms with E-state index in [1.165, 1.54) is 7.11 Å². The van der Waals surface area contributed by atoms with Crippen LogP contribution in [0.5, 0.6) is 0 Å². The molecule has 1 amide bonds. The molecule has 0 aliphatic carbocycles.